The summed E-state index contributed by atoms with van der Waals surface area (Å²) in [4.78, 5) is 14.4. The molecule has 1 atom stereocenters. The molecule has 6 heteroatoms. The standard InChI is InChI=1S/C18H28N2O4/c1-5-14-10-20(11-17(22)19-18(2,3)12-21)9-13-8-15(23-4)6-7-16(13)24-14/h6-8,14,21H,5,9-12H2,1-4H3,(H,19,22). The molecule has 6 nitrogen and oxygen atoms in total. The van der Waals surface area contributed by atoms with Gasteiger partial charge in [-0.3, -0.25) is 9.69 Å². The number of methoxy groups -OCH3 is 1. The van der Waals surface area contributed by atoms with Gasteiger partial charge in [-0.2, -0.15) is 0 Å². The van der Waals surface area contributed by atoms with Crippen LogP contribution in [-0.2, 0) is 11.3 Å². The Morgan fingerprint density at radius 2 is 2.25 bits per heavy atom. The Balaban J connectivity index is 2.13. The van der Waals surface area contributed by atoms with Crippen molar-refractivity contribution in [2.24, 2.45) is 0 Å². The molecule has 1 heterocycles. The zero-order valence-electron chi connectivity index (χ0n) is 15.0. The summed E-state index contributed by atoms with van der Waals surface area (Å²) < 4.78 is 11.4. The lowest BCUT2D eigenvalue weighted by Gasteiger charge is -2.27. The van der Waals surface area contributed by atoms with Crippen LogP contribution < -0.4 is 14.8 Å². The molecule has 1 unspecified atom stereocenters. The van der Waals surface area contributed by atoms with Crippen LogP contribution in [0.5, 0.6) is 11.5 Å². The van der Waals surface area contributed by atoms with E-state index in [2.05, 4.69) is 17.1 Å². The Kier molecular flexibility index (Phi) is 6.07. The second kappa shape index (κ2) is 7.85. The van der Waals surface area contributed by atoms with Crippen molar-refractivity contribution in [3.05, 3.63) is 23.8 Å². The van der Waals surface area contributed by atoms with Crippen LogP contribution in [0.15, 0.2) is 18.2 Å². The van der Waals surface area contributed by atoms with E-state index in [1.54, 1.807) is 21.0 Å². The van der Waals surface area contributed by atoms with E-state index < -0.39 is 5.54 Å². The Bertz CT molecular complexity index is 574. The first-order valence-corrected chi connectivity index (χ1v) is 8.34. The number of rotatable bonds is 6. The first-order chi connectivity index (χ1) is 11.4. The van der Waals surface area contributed by atoms with E-state index in [4.69, 9.17) is 9.47 Å². The molecule has 0 radical (unpaired) electrons. The molecule has 2 N–H and O–H groups in total. The van der Waals surface area contributed by atoms with Crippen molar-refractivity contribution in [2.45, 2.75) is 45.4 Å². The van der Waals surface area contributed by atoms with E-state index in [9.17, 15) is 9.90 Å². The highest BCUT2D eigenvalue weighted by molar-refractivity contribution is 5.78. The molecule has 24 heavy (non-hydrogen) atoms. The highest BCUT2D eigenvalue weighted by atomic mass is 16.5. The molecule has 0 spiro atoms. The number of aliphatic hydroxyl groups is 1. The van der Waals surface area contributed by atoms with Crippen LogP contribution in [0, 0.1) is 0 Å². The predicted molar refractivity (Wildman–Crippen MR) is 92.3 cm³/mol. The maximum absolute atomic E-state index is 12.3. The predicted octanol–water partition coefficient (Wildman–Crippen LogP) is 1.56. The fourth-order valence-electron chi connectivity index (χ4n) is 2.72. The fraction of sp³-hybridized carbons (Fsp3) is 0.611. The number of carbonyl (C=O) groups excluding carboxylic acids is 1. The van der Waals surface area contributed by atoms with Crippen LogP contribution in [0.3, 0.4) is 0 Å². The third-order valence-electron chi connectivity index (χ3n) is 4.11. The van der Waals surface area contributed by atoms with Crippen molar-refractivity contribution in [2.75, 3.05) is 26.8 Å². The number of nitrogens with zero attached hydrogens (tertiary/aromatic N) is 1. The quantitative estimate of drug-likeness (QED) is 0.825. The van der Waals surface area contributed by atoms with Crippen molar-refractivity contribution in [3.8, 4) is 11.5 Å². The third-order valence-corrected chi connectivity index (χ3v) is 4.11. The van der Waals surface area contributed by atoms with Crippen molar-refractivity contribution in [3.63, 3.8) is 0 Å². The van der Waals surface area contributed by atoms with Gasteiger partial charge in [0, 0.05) is 18.7 Å². The summed E-state index contributed by atoms with van der Waals surface area (Å²) >= 11 is 0. The van der Waals surface area contributed by atoms with Gasteiger partial charge in [0.15, 0.2) is 0 Å². The van der Waals surface area contributed by atoms with Gasteiger partial charge in [0.1, 0.15) is 17.6 Å². The summed E-state index contributed by atoms with van der Waals surface area (Å²) in [5.41, 5.74) is 0.393. The first-order valence-electron chi connectivity index (χ1n) is 8.34. The lowest BCUT2D eigenvalue weighted by atomic mass is 10.1. The molecule has 0 saturated carbocycles. The van der Waals surface area contributed by atoms with Crippen LogP contribution in [0.25, 0.3) is 0 Å². The van der Waals surface area contributed by atoms with Gasteiger partial charge in [-0.25, -0.2) is 0 Å². The summed E-state index contributed by atoms with van der Waals surface area (Å²) in [6, 6.07) is 5.77. The minimum atomic E-state index is -0.620. The SMILES string of the molecule is CCC1CN(CC(=O)NC(C)(C)CO)Cc2cc(OC)ccc2O1. The number of benzene rings is 1. The molecule has 0 aromatic heterocycles. The summed E-state index contributed by atoms with van der Waals surface area (Å²) in [7, 11) is 1.64. The number of hydrogen-bond donors (Lipinski definition) is 2. The van der Waals surface area contributed by atoms with Gasteiger partial charge < -0.3 is 19.9 Å². The Morgan fingerprint density at radius 3 is 2.88 bits per heavy atom. The van der Waals surface area contributed by atoms with Gasteiger partial charge >= 0.3 is 0 Å². The highest BCUT2D eigenvalue weighted by Crippen LogP contribution is 2.29. The second-order valence-electron chi connectivity index (χ2n) is 6.88. The number of hydrogen-bond acceptors (Lipinski definition) is 5. The summed E-state index contributed by atoms with van der Waals surface area (Å²) in [5.74, 6) is 1.52. The molecule has 0 aliphatic carbocycles. The number of aliphatic hydroxyl groups excluding tert-OH is 1. The summed E-state index contributed by atoms with van der Waals surface area (Å²) in [6.07, 6.45) is 0.907. The minimum Gasteiger partial charge on any atom is -0.497 e. The molecular formula is C18H28N2O4. The summed E-state index contributed by atoms with van der Waals surface area (Å²) in [5, 5.41) is 12.2. The van der Waals surface area contributed by atoms with Crippen LogP contribution in [0.2, 0.25) is 0 Å². The Morgan fingerprint density at radius 1 is 1.50 bits per heavy atom. The number of nitrogens with one attached hydrogen (secondary N) is 1. The van der Waals surface area contributed by atoms with Gasteiger partial charge in [-0.15, -0.1) is 0 Å². The average Bonchev–Trinajstić information content (AvgIpc) is 2.71. The van der Waals surface area contributed by atoms with Gasteiger partial charge in [0.05, 0.1) is 25.8 Å². The van der Waals surface area contributed by atoms with Gasteiger partial charge in [0.2, 0.25) is 5.91 Å². The lowest BCUT2D eigenvalue weighted by molar-refractivity contribution is -0.124. The first kappa shape index (κ1) is 18.5. The molecule has 134 valence electrons. The smallest absolute Gasteiger partial charge is 0.234 e. The van der Waals surface area contributed by atoms with Crippen molar-refractivity contribution in [1.29, 1.82) is 0 Å². The van der Waals surface area contributed by atoms with Gasteiger partial charge in [-0.1, -0.05) is 6.92 Å². The molecule has 0 fully saturated rings. The zero-order chi connectivity index (χ0) is 17.7. The molecule has 1 aromatic rings. The number of amides is 1. The van der Waals surface area contributed by atoms with E-state index in [-0.39, 0.29) is 25.2 Å². The van der Waals surface area contributed by atoms with E-state index >= 15 is 0 Å². The van der Waals surface area contributed by atoms with Crippen molar-refractivity contribution < 1.29 is 19.4 Å². The molecule has 0 saturated heterocycles. The van der Waals surface area contributed by atoms with E-state index in [1.165, 1.54) is 0 Å². The fourth-order valence-corrected chi connectivity index (χ4v) is 2.72. The maximum atomic E-state index is 12.3. The largest absolute Gasteiger partial charge is 0.497 e. The van der Waals surface area contributed by atoms with Gasteiger partial charge in [0.25, 0.3) is 0 Å². The molecule has 1 aromatic carbocycles. The molecule has 2 rings (SSSR count). The molecule has 1 aliphatic heterocycles. The van der Waals surface area contributed by atoms with Gasteiger partial charge in [-0.05, 0) is 38.5 Å². The van der Waals surface area contributed by atoms with E-state index in [1.807, 2.05) is 18.2 Å². The van der Waals surface area contributed by atoms with Crippen LogP contribution in [0.1, 0.15) is 32.8 Å². The third kappa shape index (κ3) is 4.85. The average molecular weight is 336 g/mol. The summed E-state index contributed by atoms with van der Waals surface area (Å²) in [6.45, 7) is 7.14. The number of ether oxygens (including phenoxy) is 2. The van der Waals surface area contributed by atoms with E-state index in [0.29, 0.717) is 13.1 Å². The monoisotopic (exact) mass is 336 g/mol. The topological polar surface area (TPSA) is 71.0 Å². The molecule has 1 amide bonds. The molecular weight excluding hydrogens is 308 g/mol. The minimum absolute atomic E-state index is 0.0401. The number of fused-ring (bicyclic) bond motifs is 1. The van der Waals surface area contributed by atoms with Crippen LogP contribution >= 0.6 is 0 Å². The normalized spacial score (nSPS) is 18.3. The second-order valence-corrected chi connectivity index (χ2v) is 6.88. The molecule has 1 aliphatic rings. The van der Waals surface area contributed by atoms with Crippen molar-refractivity contribution >= 4 is 5.91 Å². The Labute approximate surface area is 143 Å². The molecule has 0 bridgehead atoms. The van der Waals surface area contributed by atoms with Crippen LogP contribution in [0.4, 0.5) is 0 Å². The Hall–Kier alpha value is -1.79. The van der Waals surface area contributed by atoms with E-state index in [0.717, 1.165) is 23.5 Å². The highest BCUT2D eigenvalue weighted by Gasteiger charge is 2.26. The lowest BCUT2D eigenvalue weighted by Crippen LogP contribution is -2.50. The zero-order valence-corrected chi connectivity index (χ0v) is 15.0. The number of carbonyl (C=O) groups is 1. The van der Waals surface area contributed by atoms with Crippen molar-refractivity contribution in [1.82, 2.24) is 10.2 Å². The maximum Gasteiger partial charge on any atom is 0.234 e. The van der Waals surface area contributed by atoms with Crippen LogP contribution in [-0.4, -0.2) is 54.4 Å².